The van der Waals surface area contributed by atoms with Crippen molar-refractivity contribution in [2.75, 3.05) is 0 Å². The van der Waals surface area contributed by atoms with Gasteiger partial charge in [0.05, 0.1) is 11.2 Å². The third-order valence-electron chi connectivity index (χ3n) is 2.56. The van der Waals surface area contributed by atoms with Gasteiger partial charge in [-0.15, -0.1) is 5.10 Å². The summed E-state index contributed by atoms with van der Waals surface area (Å²) < 4.78 is 1.79. The first kappa shape index (κ1) is 12.9. The first-order valence-electron chi connectivity index (χ1n) is 5.56. The zero-order chi connectivity index (χ0) is 12.6. The van der Waals surface area contributed by atoms with Crippen LogP contribution in [0.3, 0.4) is 0 Å². The summed E-state index contributed by atoms with van der Waals surface area (Å²) in [6.07, 6.45) is 2.41. The Kier molecular flexibility index (Phi) is 3.22. The Labute approximate surface area is 97.0 Å². The summed E-state index contributed by atoms with van der Waals surface area (Å²) in [5.74, 6) is 0.165. The number of rotatable bonds is 3. The average Bonchev–Trinajstić information content (AvgIpc) is 2.47. The van der Waals surface area contributed by atoms with Gasteiger partial charge < -0.3 is 0 Å². The Morgan fingerprint density at radius 1 is 1.31 bits per heavy atom. The van der Waals surface area contributed by atoms with Crippen LogP contribution >= 0.6 is 0 Å². The molecule has 0 saturated carbocycles. The monoisotopic (exact) mass is 223 g/mol. The number of Topliss-reactive ketones (excluding diaryl/α,β-unsaturated/α-hetero) is 1. The van der Waals surface area contributed by atoms with E-state index in [1.54, 1.807) is 11.6 Å². The van der Waals surface area contributed by atoms with Gasteiger partial charge in [0.25, 0.3) is 0 Å². The summed E-state index contributed by atoms with van der Waals surface area (Å²) in [6.45, 7) is 11.9. The molecule has 16 heavy (non-hydrogen) atoms. The minimum atomic E-state index is -0.303. The molecule has 0 atom stereocenters. The van der Waals surface area contributed by atoms with E-state index < -0.39 is 0 Å². The molecule has 0 aliphatic rings. The third kappa shape index (κ3) is 2.90. The van der Waals surface area contributed by atoms with E-state index in [9.17, 15) is 4.79 Å². The molecular formula is C12H21N3O. The molecule has 1 aromatic rings. The van der Waals surface area contributed by atoms with Crippen molar-refractivity contribution in [3.8, 4) is 0 Å². The fraction of sp³-hybridized carbons (Fsp3) is 0.750. The van der Waals surface area contributed by atoms with Crippen LogP contribution in [-0.2, 0) is 15.7 Å². The largest absolute Gasteiger partial charge is 0.300 e. The van der Waals surface area contributed by atoms with Gasteiger partial charge in [-0.2, -0.15) is 0 Å². The van der Waals surface area contributed by atoms with E-state index in [4.69, 9.17) is 0 Å². The van der Waals surface area contributed by atoms with Crippen molar-refractivity contribution in [2.24, 2.45) is 0 Å². The molecule has 0 fully saturated rings. The van der Waals surface area contributed by atoms with Crippen molar-refractivity contribution in [2.45, 2.75) is 58.9 Å². The van der Waals surface area contributed by atoms with E-state index >= 15 is 0 Å². The number of carbonyl (C=O) groups is 1. The Hall–Kier alpha value is -1.19. The lowest BCUT2D eigenvalue weighted by molar-refractivity contribution is -0.118. The second-order valence-corrected chi connectivity index (χ2v) is 5.99. The standard InChI is InChI=1S/C12H21N3O/c1-9(16)7-12(5,6)15-8-10(13-14-15)11(2,3)4/h8H,7H2,1-6H3. The molecule has 0 spiro atoms. The van der Waals surface area contributed by atoms with Crippen LogP contribution in [0, 0.1) is 0 Å². The lowest BCUT2D eigenvalue weighted by Gasteiger charge is -2.23. The predicted octanol–water partition coefficient (Wildman–Crippen LogP) is 2.29. The zero-order valence-corrected chi connectivity index (χ0v) is 11.0. The minimum absolute atomic E-state index is 0.00937. The van der Waals surface area contributed by atoms with Gasteiger partial charge in [-0.3, -0.25) is 4.79 Å². The molecule has 4 nitrogen and oxygen atoms in total. The van der Waals surface area contributed by atoms with Crippen molar-refractivity contribution in [3.63, 3.8) is 0 Å². The fourth-order valence-electron chi connectivity index (χ4n) is 1.59. The summed E-state index contributed by atoms with van der Waals surface area (Å²) in [7, 11) is 0. The van der Waals surface area contributed by atoms with Crippen LogP contribution in [0.5, 0.6) is 0 Å². The van der Waals surface area contributed by atoms with Gasteiger partial charge in [-0.25, -0.2) is 4.68 Å². The topological polar surface area (TPSA) is 47.8 Å². The zero-order valence-electron chi connectivity index (χ0n) is 11.0. The molecule has 0 amide bonds. The first-order valence-corrected chi connectivity index (χ1v) is 5.56. The van der Waals surface area contributed by atoms with Crippen LogP contribution in [0.2, 0.25) is 0 Å². The molecule has 1 aromatic heterocycles. The molecule has 0 bridgehead atoms. The second-order valence-electron chi connectivity index (χ2n) is 5.99. The lowest BCUT2D eigenvalue weighted by atomic mass is 9.92. The van der Waals surface area contributed by atoms with Crippen molar-refractivity contribution in [3.05, 3.63) is 11.9 Å². The highest BCUT2D eigenvalue weighted by molar-refractivity contribution is 5.76. The van der Waals surface area contributed by atoms with Gasteiger partial charge in [0, 0.05) is 18.0 Å². The molecule has 1 rings (SSSR count). The summed E-state index contributed by atoms with van der Waals surface area (Å²) >= 11 is 0. The maximum atomic E-state index is 11.2. The predicted molar refractivity (Wildman–Crippen MR) is 63.3 cm³/mol. The summed E-state index contributed by atoms with van der Waals surface area (Å²) in [5, 5.41) is 8.28. The van der Waals surface area contributed by atoms with Crippen LogP contribution in [0.1, 0.15) is 53.7 Å². The molecule has 90 valence electrons. The molecule has 0 aromatic carbocycles. The van der Waals surface area contributed by atoms with E-state index in [-0.39, 0.29) is 16.7 Å². The Morgan fingerprint density at radius 3 is 2.25 bits per heavy atom. The van der Waals surface area contributed by atoms with Crippen LogP contribution < -0.4 is 0 Å². The maximum Gasteiger partial charge on any atom is 0.132 e. The Bertz CT molecular complexity index is 385. The second kappa shape index (κ2) is 4.00. The first-order chi connectivity index (χ1) is 7.13. The van der Waals surface area contributed by atoms with Gasteiger partial charge in [-0.1, -0.05) is 26.0 Å². The quantitative estimate of drug-likeness (QED) is 0.790. The molecule has 0 unspecified atom stereocenters. The molecular weight excluding hydrogens is 202 g/mol. The third-order valence-corrected chi connectivity index (χ3v) is 2.56. The number of aromatic nitrogens is 3. The highest BCUT2D eigenvalue weighted by Crippen LogP contribution is 2.23. The highest BCUT2D eigenvalue weighted by atomic mass is 16.1. The number of carbonyl (C=O) groups excluding carboxylic acids is 1. The van der Waals surface area contributed by atoms with E-state index in [1.807, 2.05) is 20.0 Å². The molecule has 4 heteroatoms. The lowest BCUT2D eigenvalue weighted by Crippen LogP contribution is -2.29. The van der Waals surface area contributed by atoms with Gasteiger partial charge >= 0.3 is 0 Å². The number of nitrogens with zero attached hydrogens (tertiary/aromatic N) is 3. The van der Waals surface area contributed by atoms with Crippen LogP contribution in [-0.4, -0.2) is 20.8 Å². The fourth-order valence-corrected chi connectivity index (χ4v) is 1.59. The van der Waals surface area contributed by atoms with Crippen molar-refractivity contribution >= 4 is 5.78 Å². The van der Waals surface area contributed by atoms with Gasteiger partial charge in [0.2, 0.25) is 0 Å². The van der Waals surface area contributed by atoms with Gasteiger partial charge in [-0.05, 0) is 20.8 Å². The Balaban J connectivity index is 2.97. The minimum Gasteiger partial charge on any atom is -0.300 e. The summed E-state index contributed by atoms with van der Waals surface area (Å²) in [6, 6.07) is 0. The van der Waals surface area contributed by atoms with E-state index in [0.29, 0.717) is 6.42 Å². The summed E-state index contributed by atoms with van der Waals surface area (Å²) in [4.78, 5) is 11.2. The average molecular weight is 223 g/mol. The van der Waals surface area contributed by atoms with E-state index in [0.717, 1.165) is 5.69 Å². The van der Waals surface area contributed by atoms with Crippen LogP contribution in [0.25, 0.3) is 0 Å². The van der Waals surface area contributed by atoms with Gasteiger partial charge in [0.1, 0.15) is 5.78 Å². The molecule has 0 radical (unpaired) electrons. The number of hydrogen-bond acceptors (Lipinski definition) is 3. The molecule has 0 aliphatic carbocycles. The summed E-state index contributed by atoms with van der Waals surface area (Å²) in [5.41, 5.74) is 0.636. The SMILES string of the molecule is CC(=O)CC(C)(C)n1cc(C(C)(C)C)nn1. The maximum absolute atomic E-state index is 11.2. The van der Waals surface area contributed by atoms with Crippen molar-refractivity contribution in [1.29, 1.82) is 0 Å². The van der Waals surface area contributed by atoms with Crippen molar-refractivity contribution < 1.29 is 4.79 Å². The molecule has 0 aliphatic heterocycles. The van der Waals surface area contributed by atoms with Gasteiger partial charge in [0.15, 0.2) is 0 Å². The molecule has 0 saturated heterocycles. The highest BCUT2D eigenvalue weighted by Gasteiger charge is 2.26. The number of ketones is 1. The number of hydrogen-bond donors (Lipinski definition) is 0. The van der Waals surface area contributed by atoms with E-state index in [2.05, 4.69) is 31.1 Å². The molecule has 0 N–H and O–H groups in total. The van der Waals surface area contributed by atoms with Crippen molar-refractivity contribution in [1.82, 2.24) is 15.0 Å². The Morgan fingerprint density at radius 2 is 1.88 bits per heavy atom. The van der Waals surface area contributed by atoms with Crippen LogP contribution in [0.15, 0.2) is 6.20 Å². The van der Waals surface area contributed by atoms with E-state index in [1.165, 1.54) is 0 Å². The normalized spacial score (nSPS) is 12.9. The smallest absolute Gasteiger partial charge is 0.132 e. The molecule has 1 heterocycles. The van der Waals surface area contributed by atoms with Crippen LogP contribution in [0.4, 0.5) is 0 Å².